The van der Waals surface area contributed by atoms with E-state index in [0.717, 1.165) is 25.8 Å². The molecule has 4 heteroatoms. The van der Waals surface area contributed by atoms with Crippen LogP contribution in [0.2, 0.25) is 0 Å². The first kappa shape index (κ1) is 11.0. The second-order valence-corrected chi connectivity index (χ2v) is 2.16. The van der Waals surface area contributed by atoms with Crippen molar-refractivity contribution >= 4 is 42.6 Å². The fourth-order valence-corrected chi connectivity index (χ4v) is 0.904. The van der Waals surface area contributed by atoms with Gasteiger partial charge in [-0.05, 0) is 12.8 Å². The van der Waals surface area contributed by atoms with Crippen LogP contribution in [-0.4, -0.2) is 30.3 Å². The Labute approximate surface area is 84.3 Å². The van der Waals surface area contributed by atoms with Crippen molar-refractivity contribution in [1.29, 1.82) is 0 Å². The maximum Gasteiger partial charge on any atom is 1.49 e. The number of carbonyl (C=O) groups excluding carboxylic acids is 1. The Hall–Kier alpha value is 0.966. The summed E-state index contributed by atoms with van der Waals surface area (Å²) in [6, 6.07) is 0. The van der Waals surface area contributed by atoms with E-state index >= 15 is 0 Å². The summed E-state index contributed by atoms with van der Waals surface area (Å²) in [5.74, 6) is 0.225. The minimum Gasteiger partial charge on any atom is -0.356 e. The van der Waals surface area contributed by atoms with Gasteiger partial charge in [-0.15, -0.1) is 0 Å². The molecule has 1 aliphatic heterocycles. The number of carbonyl (C=O) groups is 1. The number of halogens is 1. The first-order valence-electron chi connectivity index (χ1n) is 3.43. The third kappa shape index (κ3) is 5.73. The molecule has 1 rings (SSSR count). The molecular weight excluding hydrogens is 253 g/mol. The zero-order valence-corrected chi connectivity index (χ0v) is 9.60. The molecule has 1 fully saturated rings. The summed E-state index contributed by atoms with van der Waals surface area (Å²) >= 11 is 4.01. The van der Waals surface area contributed by atoms with Crippen molar-refractivity contribution in [2.24, 2.45) is 0 Å². The van der Waals surface area contributed by atoms with Crippen molar-refractivity contribution in [3.05, 3.63) is 0 Å². The van der Waals surface area contributed by atoms with Crippen LogP contribution in [0.3, 0.4) is 0 Å². The summed E-state index contributed by atoms with van der Waals surface area (Å²) in [7, 11) is 0. The number of hydrogen-bond acceptors (Lipinski definition) is 1. The third-order valence-corrected chi connectivity index (χ3v) is 1.40. The number of amides is 1. The maximum absolute atomic E-state index is 10.6. The van der Waals surface area contributed by atoms with Crippen LogP contribution in [0.5, 0.6) is 0 Å². The van der Waals surface area contributed by atoms with Gasteiger partial charge in [-0.3, -0.25) is 4.79 Å². The highest BCUT2D eigenvalue weighted by atomic mass is 127. The van der Waals surface area contributed by atoms with Crippen LogP contribution >= 0.6 is 18.9 Å². The van der Waals surface area contributed by atoms with Crippen LogP contribution in [0.25, 0.3) is 0 Å². The number of hydrogen-bond donors (Lipinski definition) is 1. The molecule has 0 aliphatic carbocycles. The Bertz CT molecular complexity index is 89.7. The molecule has 0 unspecified atom stereocenters. The summed E-state index contributed by atoms with van der Waals surface area (Å²) in [5, 5.41) is 2.81. The Morgan fingerprint density at radius 2 is 2.00 bits per heavy atom. The van der Waals surface area contributed by atoms with Crippen molar-refractivity contribution in [3.63, 3.8) is 0 Å². The minimum atomic E-state index is 0.225. The second kappa shape index (κ2) is 8.07. The molecule has 0 aromatic carbocycles. The smallest absolute Gasteiger partial charge is 0.356 e. The van der Waals surface area contributed by atoms with Crippen LogP contribution in [0.4, 0.5) is 0 Å². The summed E-state index contributed by atoms with van der Waals surface area (Å²) < 4.78 is 0. The first-order chi connectivity index (χ1) is 4.89. The SMILES string of the molecule is O=C1CCCCCN1.[Mg+2][I]. The highest BCUT2D eigenvalue weighted by molar-refractivity contribution is 14.1. The van der Waals surface area contributed by atoms with E-state index in [1.54, 1.807) is 0 Å². The maximum atomic E-state index is 10.6. The Morgan fingerprint density at radius 3 is 2.70 bits per heavy atom. The van der Waals surface area contributed by atoms with E-state index < -0.39 is 0 Å². The van der Waals surface area contributed by atoms with Crippen molar-refractivity contribution in [2.45, 2.75) is 25.7 Å². The van der Waals surface area contributed by atoms with Gasteiger partial charge in [0.05, 0.1) is 0 Å². The zero-order chi connectivity index (χ0) is 7.82. The molecule has 10 heavy (non-hydrogen) atoms. The lowest BCUT2D eigenvalue weighted by molar-refractivity contribution is -0.120. The Balaban J connectivity index is 0.000000371. The molecule has 1 aliphatic rings. The highest BCUT2D eigenvalue weighted by Gasteiger charge is 2.12. The van der Waals surface area contributed by atoms with Crippen LogP contribution < -0.4 is 5.32 Å². The van der Waals surface area contributed by atoms with Crippen molar-refractivity contribution in [1.82, 2.24) is 5.32 Å². The predicted octanol–water partition coefficient (Wildman–Crippen LogP) is 1.18. The Morgan fingerprint density at radius 1 is 1.30 bits per heavy atom. The van der Waals surface area contributed by atoms with Gasteiger partial charge < -0.3 is 5.32 Å². The fraction of sp³-hybridized carbons (Fsp3) is 0.833. The van der Waals surface area contributed by atoms with E-state index in [2.05, 4.69) is 24.2 Å². The largest absolute Gasteiger partial charge is 1.49 e. The Kier molecular flexibility index (Phi) is 8.85. The molecule has 0 aromatic heterocycles. The van der Waals surface area contributed by atoms with E-state index in [4.69, 9.17) is 0 Å². The van der Waals surface area contributed by atoms with E-state index in [0.29, 0.717) is 0 Å². The van der Waals surface area contributed by atoms with Gasteiger partial charge in [0, 0.05) is 13.0 Å². The quantitative estimate of drug-likeness (QED) is 0.517. The molecule has 0 atom stereocenters. The van der Waals surface area contributed by atoms with Gasteiger partial charge in [0.15, 0.2) is 0 Å². The van der Waals surface area contributed by atoms with Crippen LogP contribution in [0.1, 0.15) is 25.7 Å². The molecule has 0 aromatic rings. The highest BCUT2D eigenvalue weighted by Crippen LogP contribution is 2.02. The van der Waals surface area contributed by atoms with Gasteiger partial charge in [0.1, 0.15) is 0 Å². The fourth-order valence-electron chi connectivity index (χ4n) is 0.904. The lowest BCUT2D eigenvalue weighted by Crippen LogP contribution is -2.21. The summed E-state index contributed by atoms with van der Waals surface area (Å²) in [4.78, 5) is 10.6. The van der Waals surface area contributed by atoms with Crippen LogP contribution in [0, 0.1) is 0 Å². The van der Waals surface area contributed by atoms with Gasteiger partial charge in [-0.1, -0.05) is 6.42 Å². The topological polar surface area (TPSA) is 29.1 Å². The molecule has 1 heterocycles. The van der Waals surface area contributed by atoms with Crippen LogP contribution in [-0.2, 0) is 4.79 Å². The molecule has 53 valence electrons. The van der Waals surface area contributed by atoms with E-state index in [-0.39, 0.29) is 5.91 Å². The van der Waals surface area contributed by atoms with Gasteiger partial charge in [0.2, 0.25) is 5.91 Å². The molecule has 1 N–H and O–H groups in total. The van der Waals surface area contributed by atoms with Crippen molar-refractivity contribution in [2.75, 3.05) is 6.54 Å². The van der Waals surface area contributed by atoms with Crippen molar-refractivity contribution < 1.29 is 4.79 Å². The van der Waals surface area contributed by atoms with Gasteiger partial charge in [-0.25, -0.2) is 0 Å². The van der Waals surface area contributed by atoms with E-state index in [9.17, 15) is 4.79 Å². The summed E-state index contributed by atoms with van der Waals surface area (Å²) in [6.45, 7) is 0.888. The summed E-state index contributed by atoms with van der Waals surface area (Å²) in [5.41, 5.74) is 0. The molecule has 0 saturated carbocycles. The van der Waals surface area contributed by atoms with Crippen molar-refractivity contribution in [3.8, 4) is 0 Å². The molecule has 2 nitrogen and oxygen atoms in total. The van der Waals surface area contributed by atoms with E-state index in [1.807, 2.05) is 17.8 Å². The average molecular weight is 264 g/mol. The first-order valence-corrected chi connectivity index (χ1v) is 8.54. The second-order valence-electron chi connectivity index (χ2n) is 2.16. The van der Waals surface area contributed by atoms with Gasteiger partial charge in [0.25, 0.3) is 0 Å². The average Bonchev–Trinajstić information content (AvgIpc) is 2.21. The monoisotopic (exact) mass is 264 g/mol. The molecule has 1 amide bonds. The predicted molar refractivity (Wildman–Crippen MR) is 51.3 cm³/mol. The molecule has 0 bridgehead atoms. The molecule has 7 radical (unpaired) electrons. The van der Waals surface area contributed by atoms with Gasteiger partial charge >= 0.3 is 36.7 Å². The van der Waals surface area contributed by atoms with Crippen LogP contribution in [0.15, 0.2) is 0 Å². The standard InChI is InChI=1S/C6H11NO.HI.Mg/c8-6-4-2-1-3-5-7-6;;/h1-5H2,(H,7,8);1H;/q;;+3/p-1. The van der Waals surface area contributed by atoms with E-state index in [1.165, 1.54) is 6.42 Å². The minimum absolute atomic E-state index is 0.225. The zero-order valence-electron chi connectivity index (χ0n) is 6.03. The normalized spacial score (nSPS) is 18.0. The lowest BCUT2D eigenvalue weighted by atomic mass is 10.2. The third-order valence-electron chi connectivity index (χ3n) is 1.40. The molecular formula is C6H11IMgNO+2. The number of rotatable bonds is 0. The summed E-state index contributed by atoms with van der Waals surface area (Å²) in [6.07, 6.45) is 4.18. The van der Waals surface area contributed by atoms with Gasteiger partial charge in [-0.2, -0.15) is 0 Å². The number of nitrogens with one attached hydrogen (secondary N) is 1. The lowest BCUT2D eigenvalue weighted by Gasteiger charge is -1.93. The molecule has 0 spiro atoms. The molecule has 1 saturated heterocycles.